The van der Waals surface area contributed by atoms with Crippen molar-refractivity contribution >= 4 is 21.6 Å². The van der Waals surface area contributed by atoms with Crippen LogP contribution in [-0.4, -0.2) is 32.2 Å². The third-order valence-corrected chi connectivity index (χ3v) is 5.96. The first-order chi connectivity index (χ1) is 12.2. The molecule has 5 nitrogen and oxygen atoms in total. The molecule has 0 heterocycles. The molecule has 0 atom stereocenters. The van der Waals surface area contributed by atoms with Crippen molar-refractivity contribution in [1.29, 1.82) is 0 Å². The summed E-state index contributed by atoms with van der Waals surface area (Å²) in [6.07, 6.45) is 1.71. The average Bonchev–Trinajstić information content (AvgIpc) is 2.58. The van der Waals surface area contributed by atoms with Crippen LogP contribution in [0.1, 0.15) is 41.3 Å². The minimum atomic E-state index is -3.60. The van der Waals surface area contributed by atoms with Gasteiger partial charge >= 0.3 is 0 Å². The van der Waals surface area contributed by atoms with Gasteiger partial charge in [0, 0.05) is 24.8 Å². The number of nitrogens with one attached hydrogen (secondary N) is 1. The van der Waals surface area contributed by atoms with E-state index >= 15 is 0 Å². The highest BCUT2D eigenvalue weighted by Crippen LogP contribution is 2.19. The first kappa shape index (κ1) is 20.1. The summed E-state index contributed by atoms with van der Waals surface area (Å²) in [6.45, 7) is 6.39. The molecule has 0 aliphatic heterocycles. The minimum absolute atomic E-state index is 0.129. The Bertz CT molecular complexity index is 871. The Balaban J connectivity index is 2.24. The molecule has 0 bridgehead atoms. The van der Waals surface area contributed by atoms with Gasteiger partial charge < -0.3 is 5.32 Å². The lowest BCUT2D eigenvalue weighted by Gasteiger charge is -2.17. The monoisotopic (exact) mass is 374 g/mol. The van der Waals surface area contributed by atoms with Crippen molar-refractivity contribution in [3.63, 3.8) is 0 Å². The van der Waals surface area contributed by atoms with E-state index in [1.54, 1.807) is 19.2 Å². The van der Waals surface area contributed by atoms with E-state index in [-0.39, 0.29) is 10.8 Å². The van der Waals surface area contributed by atoms with Gasteiger partial charge in [0.25, 0.3) is 5.91 Å². The van der Waals surface area contributed by atoms with Gasteiger partial charge in [0.1, 0.15) is 0 Å². The standard InChI is InChI=1S/C20H26N2O3S/c1-5-6-10-22(4)26(24,25)19-9-7-8-17(14-19)20(23)21-18-12-15(2)11-16(3)13-18/h7-9,11-14H,5-6,10H2,1-4H3,(H,21,23). The van der Waals surface area contributed by atoms with Crippen LogP contribution in [0.25, 0.3) is 0 Å². The number of benzene rings is 2. The van der Waals surface area contributed by atoms with Crippen LogP contribution in [0.5, 0.6) is 0 Å². The normalized spacial score (nSPS) is 11.6. The highest BCUT2D eigenvalue weighted by atomic mass is 32.2. The number of amides is 1. The molecule has 26 heavy (non-hydrogen) atoms. The summed E-state index contributed by atoms with van der Waals surface area (Å²) < 4.78 is 26.6. The number of hydrogen-bond acceptors (Lipinski definition) is 3. The number of unbranched alkanes of at least 4 members (excludes halogenated alkanes) is 1. The van der Waals surface area contributed by atoms with E-state index in [0.717, 1.165) is 24.0 Å². The summed E-state index contributed by atoms with van der Waals surface area (Å²) in [5.74, 6) is -0.330. The highest BCUT2D eigenvalue weighted by Gasteiger charge is 2.21. The number of rotatable bonds is 7. The van der Waals surface area contributed by atoms with Crippen LogP contribution in [0.15, 0.2) is 47.4 Å². The smallest absolute Gasteiger partial charge is 0.255 e. The lowest BCUT2D eigenvalue weighted by Crippen LogP contribution is -2.28. The maximum absolute atomic E-state index is 12.7. The van der Waals surface area contributed by atoms with E-state index < -0.39 is 10.0 Å². The zero-order valence-corrected chi connectivity index (χ0v) is 16.6. The first-order valence-corrected chi connectivity index (χ1v) is 10.1. The SMILES string of the molecule is CCCCN(C)S(=O)(=O)c1cccc(C(=O)Nc2cc(C)cc(C)c2)c1. The molecule has 1 N–H and O–H groups in total. The predicted molar refractivity (Wildman–Crippen MR) is 105 cm³/mol. The summed E-state index contributed by atoms with van der Waals surface area (Å²) in [4.78, 5) is 12.7. The molecule has 1 amide bonds. The fraction of sp³-hybridized carbons (Fsp3) is 0.350. The molecule has 2 rings (SSSR count). The molecular formula is C20H26N2O3S. The Labute approximate surface area is 156 Å². The van der Waals surface area contributed by atoms with Gasteiger partial charge in [-0.2, -0.15) is 0 Å². The van der Waals surface area contributed by atoms with Crippen LogP contribution in [0, 0.1) is 13.8 Å². The average molecular weight is 375 g/mol. The van der Waals surface area contributed by atoms with Crippen LogP contribution in [0.3, 0.4) is 0 Å². The second-order valence-electron chi connectivity index (χ2n) is 6.54. The Kier molecular flexibility index (Phi) is 6.56. The van der Waals surface area contributed by atoms with Crippen molar-refractivity contribution in [3.05, 3.63) is 59.2 Å². The molecule has 2 aromatic carbocycles. The van der Waals surface area contributed by atoms with Crippen LogP contribution < -0.4 is 5.32 Å². The quantitative estimate of drug-likeness (QED) is 0.797. The Morgan fingerprint density at radius 3 is 2.35 bits per heavy atom. The second kappa shape index (κ2) is 8.47. The summed E-state index contributed by atoms with van der Waals surface area (Å²) >= 11 is 0. The Hall–Kier alpha value is -2.18. The zero-order valence-electron chi connectivity index (χ0n) is 15.7. The van der Waals surface area contributed by atoms with Gasteiger partial charge in [-0.25, -0.2) is 12.7 Å². The van der Waals surface area contributed by atoms with Crippen molar-refractivity contribution in [2.24, 2.45) is 0 Å². The topological polar surface area (TPSA) is 66.5 Å². The molecule has 0 saturated heterocycles. The number of carbonyl (C=O) groups is 1. The maximum atomic E-state index is 12.7. The van der Waals surface area contributed by atoms with Crippen molar-refractivity contribution in [1.82, 2.24) is 4.31 Å². The Morgan fingerprint density at radius 2 is 1.73 bits per heavy atom. The molecular weight excluding hydrogens is 348 g/mol. The first-order valence-electron chi connectivity index (χ1n) is 8.70. The fourth-order valence-electron chi connectivity index (χ4n) is 2.73. The largest absolute Gasteiger partial charge is 0.322 e. The second-order valence-corrected chi connectivity index (χ2v) is 8.58. The van der Waals surface area contributed by atoms with Crippen LogP contribution in [-0.2, 0) is 10.0 Å². The van der Waals surface area contributed by atoms with Crippen LogP contribution >= 0.6 is 0 Å². The van der Waals surface area contributed by atoms with Gasteiger partial charge in [-0.3, -0.25) is 4.79 Å². The third-order valence-electron chi connectivity index (χ3n) is 4.11. The van der Waals surface area contributed by atoms with Gasteiger partial charge in [-0.15, -0.1) is 0 Å². The Morgan fingerprint density at radius 1 is 1.08 bits per heavy atom. The minimum Gasteiger partial charge on any atom is -0.322 e. The predicted octanol–water partition coefficient (Wildman–Crippen LogP) is 3.98. The molecule has 0 aromatic heterocycles. The molecule has 0 fully saturated rings. The molecule has 0 spiro atoms. The van der Waals surface area contributed by atoms with Gasteiger partial charge in [-0.1, -0.05) is 25.5 Å². The number of hydrogen-bond donors (Lipinski definition) is 1. The molecule has 0 saturated carbocycles. The number of aryl methyl sites for hydroxylation is 2. The van der Waals surface area contributed by atoms with Crippen molar-refractivity contribution in [2.45, 2.75) is 38.5 Å². The fourth-order valence-corrected chi connectivity index (χ4v) is 3.98. The highest BCUT2D eigenvalue weighted by molar-refractivity contribution is 7.89. The zero-order chi connectivity index (χ0) is 19.3. The maximum Gasteiger partial charge on any atom is 0.255 e. The molecule has 6 heteroatoms. The van der Waals surface area contributed by atoms with Gasteiger partial charge in [-0.05, 0) is 61.7 Å². The molecule has 0 unspecified atom stereocenters. The molecule has 0 aliphatic rings. The van der Waals surface area contributed by atoms with E-state index in [4.69, 9.17) is 0 Å². The molecule has 0 radical (unpaired) electrons. The van der Waals surface area contributed by atoms with Gasteiger partial charge in [0.2, 0.25) is 10.0 Å². The number of sulfonamides is 1. The lowest BCUT2D eigenvalue weighted by atomic mass is 10.1. The van der Waals surface area contributed by atoms with E-state index in [0.29, 0.717) is 17.8 Å². The summed E-state index contributed by atoms with van der Waals surface area (Å²) in [5, 5.41) is 2.83. The molecule has 0 aliphatic carbocycles. The number of anilines is 1. The third kappa shape index (κ3) is 4.93. The molecule has 140 valence electrons. The van der Waals surface area contributed by atoms with E-state index in [1.165, 1.54) is 16.4 Å². The van der Waals surface area contributed by atoms with Crippen LogP contribution in [0.2, 0.25) is 0 Å². The van der Waals surface area contributed by atoms with Crippen LogP contribution in [0.4, 0.5) is 5.69 Å². The summed E-state index contributed by atoms with van der Waals surface area (Å²) in [5.41, 5.74) is 3.11. The summed E-state index contributed by atoms with van der Waals surface area (Å²) in [7, 11) is -2.04. The lowest BCUT2D eigenvalue weighted by molar-refractivity contribution is 0.102. The van der Waals surface area contributed by atoms with Crippen molar-refractivity contribution < 1.29 is 13.2 Å². The number of nitrogens with zero attached hydrogens (tertiary/aromatic N) is 1. The van der Waals surface area contributed by atoms with Gasteiger partial charge in [0.05, 0.1) is 4.90 Å². The van der Waals surface area contributed by atoms with E-state index in [9.17, 15) is 13.2 Å². The van der Waals surface area contributed by atoms with E-state index in [2.05, 4.69) is 5.32 Å². The van der Waals surface area contributed by atoms with E-state index in [1.807, 2.05) is 39.0 Å². The molecule has 2 aromatic rings. The van der Waals surface area contributed by atoms with Crippen molar-refractivity contribution in [3.8, 4) is 0 Å². The van der Waals surface area contributed by atoms with Gasteiger partial charge in [0.15, 0.2) is 0 Å². The van der Waals surface area contributed by atoms with Crippen molar-refractivity contribution in [2.75, 3.05) is 18.9 Å². The summed E-state index contributed by atoms with van der Waals surface area (Å²) in [6, 6.07) is 11.9. The number of carbonyl (C=O) groups excluding carboxylic acids is 1.